The number of aromatic nitrogens is 2. The fraction of sp³-hybridized carbons (Fsp3) is 0.638. The number of carbonyl (C=O) groups excluding carboxylic acids is 6. The third-order valence-corrected chi connectivity index (χ3v) is 15.9. The fourth-order valence-corrected chi connectivity index (χ4v) is 8.24. The Balaban J connectivity index is -0.000000217. The summed E-state index contributed by atoms with van der Waals surface area (Å²) in [6, 6.07) is -8.96. The first-order chi connectivity index (χ1) is 49.7. The van der Waals surface area contributed by atoms with Gasteiger partial charge in [0, 0.05) is 104 Å². The number of imidazole rings is 1. The van der Waals surface area contributed by atoms with Crippen molar-refractivity contribution in [1.29, 1.82) is 0 Å². The Morgan fingerprint density at radius 2 is 1.00 bits per heavy atom. The van der Waals surface area contributed by atoms with Crippen molar-refractivity contribution >= 4 is 201 Å². The molecule has 1 aromatic rings. The molecule has 0 radical (unpaired) electrons. The molecule has 1 aliphatic heterocycles. The van der Waals surface area contributed by atoms with Crippen molar-refractivity contribution in [2.75, 3.05) is 43.4 Å². The van der Waals surface area contributed by atoms with Gasteiger partial charge in [0.05, 0.1) is 12.9 Å². The van der Waals surface area contributed by atoms with E-state index in [-0.39, 0.29) is 86.0 Å². The number of nitrogens with one attached hydrogen (secondary N) is 6. The standard InChI is InChI=1S/C11H18N4O3.C10H17N3O6S.C9H14N4O3.C7H13NO3S.C5H9NO3S.C5H11NO2S.C5H11NO2Se.C3H7NO2S.C3H7NO2Se/c1-15-7-13-6-8(15)5-9(11(17)18)14-10(16)3-2-4-12;11-5(10(18)19)1-2-7(14)13-6(4-20)9(17)12-3-8(15)16;10-2-1-8(14)13-7(9(15)16)3-6-4-11-5-12-6;1-4(9)8-5(6(10)11)7(2,3)12;1-3(7)6-4(2-10)5(8)9;1-5(2,9)3(6)4(7)8;1-9-3-2-4(6)5(7)8;2*4-2(1-7)3(5)6/h6-7,9H,2-5,12H2,1H3,(H,14,16)(H,17,18);5-6,20H,1-4,11H2,(H,12,17)(H,13,14)(H,15,16)(H,18,19);5,7H,1-4,10H2,(H,13,14)(H,15,16);5,12H,1-3H3,(H,8,9)(H,10,11);4,10H,2H2,1H3,(H,6,7)(H,8,9);3,9H,6H2,1-2H3,(H,7,8);4H,2-3,6H2,1H3,(H,7,8);2*2,7H,1,4H2,(H,5,6)/t;5-,6-;7-;;;;;;/m.01....../s1. The zero-order valence-electron chi connectivity index (χ0n) is 60.5. The molecule has 10 atom stereocenters. The van der Waals surface area contributed by atoms with Gasteiger partial charge in [0.25, 0.3) is 0 Å². The minimum atomic E-state index is -1.22. The molecule has 1 aliphatic rings. The number of aryl methyl sites for hydroxylation is 1. The molecule has 7 unspecified atom stereocenters. The number of hydrogen-bond donors (Lipinski definition) is 28. The summed E-state index contributed by atoms with van der Waals surface area (Å²) < 4.78 is 0.311. The number of amides is 6. The SMILES string of the molecule is CC(=O)NC(C(=O)O)C(C)(C)S.CC(=O)NC(CS)C(=O)O.CC(C)(S)C(N)C(=O)O.C[Se]CCC(N)C(=O)O.Cn1cncc1CC(NC(=O)CCCN)C(=O)O.NC(CS)C(=O)O.NC(C[SeH])C(=O)O.NCCC(=O)N[C@H](CC1=NC=NC1)C(=O)O.N[C@@H](CCC(=O)N[C@@H](CS)C(=O)NCC(=O)O)C(=O)O. The number of aliphatic imine (C=N–C) groups is 2. The summed E-state index contributed by atoms with van der Waals surface area (Å²) in [4.78, 5) is 182. The van der Waals surface area contributed by atoms with Crippen LogP contribution < -0.4 is 72.0 Å². The van der Waals surface area contributed by atoms with Gasteiger partial charge >= 0.3 is 157 Å². The van der Waals surface area contributed by atoms with Crippen LogP contribution in [0, 0.1) is 0 Å². The maximum atomic E-state index is 11.5. The molecule has 622 valence electrons. The van der Waals surface area contributed by atoms with Crippen molar-refractivity contribution in [2.24, 2.45) is 57.2 Å². The summed E-state index contributed by atoms with van der Waals surface area (Å²) in [5.41, 5.74) is 37.5. The number of carboxylic acids is 10. The van der Waals surface area contributed by atoms with E-state index in [0.29, 0.717) is 51.9 Å². The van der Waals surface area contributed by atoms with Gasteiger partial charge in [-0.05, 0) is 47.1 Å². The van der Waals surface area contributed by atoms with Crippen LogP contribution in [0.5, 0.6) is 0 Å². The molecule has 108 heavy (non-hydrogen) atoms. The van der Waals surface area contributed by atoms with E-state index >= 15 is 0 Å². The minimum Gasteiger partial charge on any atom is -0.480 e. The first-order valence-corrected chi connectivity index (χ1v) is 38.2. The molecule has 6 amide bonds. The predicted molar refractivity (Wildman–Crippen MR) is 414 cm³/mol. The van der Waals surface area contributed by atoms with Gasteiger partial charge in [0.15, 0.2) is 0 Å². The van der Waals surface area contributed by atoms with Crippen LogP contribution in [0.4, 0.5) is 0 Å². The monoisotopic (exact) mass is 1780 g/mol. The normalized spacial score (nSPS) is 13.5. The summed E-state index contributed by atoms with van der Waals surface area (Å²) in [6.45, 7) is 9.56. The van der Waals surface area contributed by atoms with Gasteiger partial charge in [0.1, 0.15) is 61.2 Å². The summed E-state index contributed by atoms with van der Waals surface area (Å²) in [7, 11) is 1.78. The minimum absolute atomic E-state index is 0.0256. The van der Waals surface area contributed by atoms with Crippen molar-refractivity contribution in [3.8, 4) is 0 Å². The van der Waals surface area contributed by atoms with Crippen LogP contribution in [0.1, 0.15) is 92.2 Å². The van der Waals surface area contributed by atoms with E-state index in [4.69, 9.17) is 91.2 Å². The molecule has 1 aromatic heterocycles. The molecule has 2 rings (SSSR count). The van der Waals surface area contributed by atoms with Crippen molar-refractivity contribution < 1.29 is 128 Å². The van der Waals surface area contributed by atoms with Gasteiger partial charge in [-0.3, -0.25) is 52.9 Å². The molecule has 2 heterocycles. The second-order valence-electron chi connectivity index (χ2n) is 22.7. The Morgan fingerprint density at radius 1 is 0.556 bits per heavy atom. The second-order valence-corrected chi connectivity index (χ2v) is 28.9. The van der Waals surface area contributed by atoms with E-state index in [1.54, 1.807) is 51.8 Å². The Bertz CT molecular complexity index is 3010. The quantitative estimate of drug-likeness (QED) is 0.0216. The van der Waals surface area contributed by atoms with Gasteiger partial charge in [-0.15, -0.1) is 0 Å². The maximum absolute atomic E-state index is 11.5. The molecule has 50 heteroatoms. The molecule has 0 saturated heterocycles. The number of rotatable bonds is 38. The van der Waals surface area contributed by atoms with E-state index < -0.39 is 148 Å². The summed E-state index contributed by atoms with van der Waals surface area (Å²) in [5.74, 6) is -10.9. The summed E-state index contributed by atoms with van der Waals surface area (Å²) >= 11 is 22.0. The Hall–Kier alpha value is -7.42. The number of nitrogens with two attached hydrogens (primary N) is 7. The number of carboxylic acid groups (broad SMARTS) is 10. The Labute approximate surface area is 664 Å². The smallest absolute Gasteiger partial charge is 0.326 e. The molecule has 0 saturated carbocycles. The molecule has 0 aliphatic carbocycles. The Morgan fingerprint density at radius 3 is 1.28 bits per heavy atom. The van der Waals surface area contributed by atoms with Crippen molar-refractivity contribution in [1.82, 2.24) is 41.5 Å². The largest absolute Gasteiger partial charge is 0.480 e. The number of thiol groups is 5. The maximum Gasteiger partial charge on any atom is 0.326 e. The van der Waals surface area contributed by atoms with Crippen molar-refractivity contribution in [2.45, 2.75) is 179 Å². The number of carbonyl (C=O) groups is 16. The van der Waals surface area contributed by atoms with Crippen LogP contribution in [-0.2, 0) is 90.2 Å². The third kappa shape index (κ3) is 66.8. The first kappa shape index (κ1) is 114. The van der Waals surface area contributed by atoms with Crippen LogP contribution in [-0.4, -0.2) is 312 Å². The van der Waals surface area contributed by atoms with Crippen LogP contribution in [0.2, 0.25) is 16.5 Å². The molecule has 0 fully saturated rings. The topological polar surface area (TPSA) is 772 Å². The molecule has 43 nitrogen and oxygen atoms in total. The van der Waals surface area contributed by atoms with Gasteiger partial charge in [-0.25, -0.2) is 29.2 Å². The van der Waals surface area contributed by atoms with E-state index in [0.717, 1.165) is 11.0 Å². The molecule has 0 aromatic carbocycles. The van der Waals surface area contributed by atoms with Crippen LogP contribution in [0.25, 0.3) is 0 Å². The van der Waals surface area contributed by atoms with Crippen molar-refractivity contribution in [3.05, 3.63) is 18.2 Å². The van der Waals surface area contributed by atoms with Gasteiger partial charge in [-0.1, -0.05) is 0 Å². The molecular weight excluding hydrogens is 1670 g/mol. The van der Waals surface area contributed by atoms with Crippen molar-refractivity contribution in [3.63, 3.8) is 0 Å². The predicted octanol–water partition coefficient (Wildman–Crippen LogP) is -6.26. The fourth-order valence-electron chi connectivity index (χ4n) is 5.94. The van der Waals surface area contributed by atoms with E-state index in [9.17, 15) is 76.7 Å². The van der Waals surface area contributed by atoms with E-state index in [1.807, 2.05) is 0 Å². The molecule has 30 N–H and O–H groups in total. The zero-order chi connectivity index (χ0) is 86.0. The number of hydrogen-bond acceptors (Lipinski definition) is 31. The molecular formula is C58H107N17O26S5Se2. The molecule has 0 bridgehead atoms. The molecule has 0 spiro atoms. The van der Waals surface area contributed by atoms with E-state index in [2.05, 4.69) is 132 Å². The van der Waals surface area contributed by atoms with Gasteiger partial charge < -0.3 is 106 Å². The van der Waals surface area contributed by atoms with Gasteiger partial charge in [0.2, 0.25) is 35.4 Å². The average Bonchev–Trinajstić information content (AvgIpc) is 1.23. The van der Waals surface area contributed by atoms with Crippen LogP contribution in [0.15, 0.2) is 22.5 Å². The number of aliphatic carboxylic acids is 10. The Kier molecular flexibility index (Phi) is 69.0. The van der Waals surface area contributed by atoms with E-state index in [1.165, 1.54) is 20.2 Å². The summed E-state index contributed by atoms with van der Waals surface area (Å²) in [5, 5.41) is 99.9. The second kappa shape index (κ2) is 65.5. The van der Waals surface area contributed by atoms with Gasteiger partial charge in [-0.2, -0.15) is 63.1 Å². The number of nitrogens with zero attached hydrogens (tertiary/aromatic N) is 4. The average molecular weight is 1780 g/mol. The zero-order valence-corrected chi connectivity index (χ0v) is 68.5. The van der Waals surface area contributed by atoms with Crippen LogP contribution >= 0.6 is 63.1 Å². The van der Waals surface area contributed by atoms with Crippen LogP contribution in [0.3, 0.4) is 0 Å². The third-order valence-electron chi connectivity index (χ3n) is 12.0. The first-order valence-electron chi connectivity index (χ1n) is 31.2. The summed E-state index contributed by atoms with van der Waals surface area (Å²) in [6.07, 6.45) is 6.23.